The number of para-hydroxylation sites is 1. The normalized spacial score (nSPS) is 14.0. The number of hydrogen-bond donors (Lipinski definition) is 5. The van der Waals surface area contributed by atoms with Crippen molar-refractivity contribution in [2.24, 2.45) is 4.99 Å². The van der Waals surface area contributed by atoms with Crippen molar-refractivity contribution in [2.45, 2.75) is 26.0 Å². The monoisotopic (exact) mass is 1150 g/mol. The van der Waals surface area contributed by atoms with Gasteiger partial charge in [0.1, 0.15) is 20.8 Å². The van der Waals surface area contributed by atoms with Crippen LogP contribution in [0, 0.1) is 11.3 Å². The quantitative estimate of drug-likeness (QED) is 0.0136. The van der Waals surface area contributed by atoms with E-state index in [0.717, 1.165) is 12.1 Å². The van der Waals surface area contributed by atoms with Gasteiger partial charge in [0, 0.05) is 41.8 Å². The smallest absolute Gasteiger partial charge is 0.744 e. The van der Waals surface area contributed by atoms with Gasteiger partial charge in [-0.1, -0.05) is 36.4 Å². The molecular weight excluding hydrogens is 1110 g/mol. The number of fused-ring (bicyclic) bond motifs is 3. The summed E-state index contributed by atoms with van der Waals surface area (Å²) in [5.74, 6) is -0.309. The number of anilines is 8. The fraction of sp³-hybridized carbons (Fsp3) is 0.133. The number of aliphatic imine (C=N–C) groups is 1. The number of aromatic nitrogens is 4. The number of carbonyl (C=O) groups excluding carboxylic acids is 1. The Morgan fingerprint density at radius 2 is 1.43 bits per heavy atom. The number of benzene rings is 5. The summed E-state index contributed by atoms with van der Waals surface area (Å²) in [4.78, 5) is 39.8. The van der Waals surface area contributed by atoms with Crippen molar-refractivity contribution in [3.8, 4) is 17.2 Å². The first-order valence-electron chi connectivity index (χ1n) is 21.7. The Labute approximate surface area is 513 Å². The van der Waals surface area contributed by atoms with Crippen LogP contribution in [0.2, 0.25) is 0 Å². The average molecular weight is 1150 g/mol. The number of amidine groups is 1. The van der Waals surface area contributed by atoms with Gasteiger partial charge >= 0.3 is 88.7 Å². The van der Waals surface area contributed by atoms with E-state index in [0.29, 0.717) is 78.1 Å². The number of nitriles is 1. The van der Waals surface area contributed by atoms with Crippen LogP contribution in [0.4, 0.5) is 52.1 Å². The number of nitrogens with one attached hydrogen (secondary N) is 5. The molecule has 0 bridgehead atoms. The number of carbonyl (C=O) groups is 1. The molecule has 0 saturated carbocycles. The standard InChI is InChI=1S/C45H36N12O13S4.3Na/c46-16-5-17-47-41-39(42-50-28-8-3-4-9-35(28)73(61,62)56-42)36-26-6-1-2-7-27(26)40(58)38-30(13-12-29(51-41)37(36)38)49-31-22-24(10-14-33(31)71-69-67-59)48-43-53-44(55-45(54-43)57-18-20-66-21-19-57)52-32-23-25(74(63,64)65)11-15-34(32)72-70-68-60;;;/h1-4,6-15,22-23,49,59-60H,5,17-21H2,(H,47,51)(H,50,56)(H,63,64,65)(H2,48,52,53,54,55);;;/q;3*+1/p-3. The Balaban J connectivity index is 0.00000287. The molecule has 1 fully saturated rings. The minimum Gasteiger partial charge on any atom is -0.744 e. The third kappa shape index (κ3) is 13.1. The van der Waals surface area contributed by atoms with E-state index in [4.69, 9.17) is 19.0 Å². The van der Waals surface area contributed by atoms with Crippen LogP contribution in [0.25, 0.3) is 22.0 Å². The van der Waals surface area contributed by atoms with Crippen LogP contribution < -0.4 is 130 Å². The molecule has 32 heteroatoms. The van der Waals surface area contributed by atoms with Crippen LogP contribution in [-0.4, -0.2) is 85.8 Å². The maximum absolute atomic E-state index is 14.9. The second kappa shape index (κ2) is 26.1. The van der Waals surface area contributed by atoms with E-state index < -0.39 is 30.8 Å². The Kier molecular flexibility index (Phi) is 20.4. The zero-order valence-electron chi connectivity index (χ0n) is 40.6. The van der Waals surface area contributed by atoms with Crippen LogP contribution in [0.15, 0.2) is 122 Å². The number of hydrogen-bond acceptors (Lipinski definition) is 26. The number of pyridine rings is 1. The zero-order valence-corrected chi connectivity index (χ0v) is 49.8. The summed E-state index contributed by atoms with van der Waals surface area (Å²) in [5, 5.41) is 51.4. The van der Waals surface area contributed by atoms with Crippen LogP contribution >= 0.6 is 24.1 Å². The fourth-order valence-electron chi connectivity index (χ4n) is 8.30. The fourth-order valence-corrected chi connectivity index (χ4v) is 10.8. The zero-order chi connectivity index (χ0) is 51.6. The Morgan fingerprint density at radius 3 is 2.13 bits per heavy atom. The Morgan fingerprint density at radius 1 is 0.766 bits per heavy atom. The van der Waals surface area contributed by atoms with E-state index in [2.05, 4.69) is 61.4 Å². The minimum absolute atomic E-state index is 0. The van der Waals surface area contributed by atoms with E-state index in [1.807, 2.05) is 4.90 Å². The Bertz CT molecular complexity index is 3710. The molecule has 77 heavy (non-hydrogen) atoms. The number of rotatable bonds is 18. The number of ketones is 1. The van der Waals surface area contributed by atoms with Gasteiger partial charge in [-0.2, -0.15) is 28.9 Å². The van der Waals surface area contributed by atoms with Crippen LogP contribution in [0.1, 0.15) is 27.9 Å². The summed E-state index contributed by atoms with van der Waals surface area (Å²) in [6, 6.07) is 26.4. The first kappa shape index (κ1) is 60.1. The molecule has 1 aliphatic carbocycles. The predicted molar refractivity (Wildman–Crippen MR) is 262 cm³/mol. The molecule has 378 valence electrons. The average Bonchev–Trinajstić information content (AvgIpc) is 3.39. The largest absolute Gasteiger partial charge is 1.00 e. The molecule has 0 radical (unpaired) electrons. The van der Waals surface area contributed by atoms with Crippen LogP contribution in [0.3, 0.4) is 0 Å². The summed E-state index contributed by atoms with van der Waals surface area (Å²) in [6.07, 6.45) is 0.0805. The molecule has 0 amide bonds. The van der Waals surface area contributed by atoms with E-state index in [-0.39, 0.29) is 185 Å². The van der Waals surface area contributed by atoms with Gasteiger partial charge in [0.05, 0.1) is 104 Å². The molecule has 0 atom stereocenters. The molecule has 5 aromatic carbocycles. The summed E-state index contributed by atoms with van der Waals surface area (Å²) in [5.41, 5.74) is 2.82. The van der Waals surface area contributed by atoms with Crippen molar-refractivity contribution in [1.29, 1.82) is 5.26 Å². The second-order valence-electron chi connectivity index (χ2n) is 15.9. The molecule has 2 aliphatic heterocycles. The summed E-state index contributed by atoms with van der Waals surface area (Å²) in [7, 11) is -9.10. The predicted octanol–water partition coefficient (Wildman–Crippen LogP) is -4.23. The topological polar surface area (TPSA) is 352 Å². The number of sulfonamides is 1. The number of nitrogens with zero attached hydrogens (tertiary/aromatic N) is 7. The molecule has 4 heterocycles. The van der Waals surface area contributed by atoms with Crippen LogP contribution in [0.5, 0.6) is 0 Å². The minimum atomic E-state index is -4.94. The molecule has 0 unspecified atom stereocenters. The van der Waals surface area contributed by atoms with Crippen molar-refractivity contribution in [3.05, 3.63) is 114 Å². The van der Waals surface area contributed by atoms with Gasteiger partial charge < -0.3 is 46.0 Å². The molecule has 10 rings (SSSR count). The van der Waals surface area contributed by atoms with Crippen molar-refractivity contribution in [2.75, 3.05) is 59.0 Å². The molecular formula is C45H33N12Na3O13S4. The van der Waals surface area contributed by atoms with Gasteiger partial charge in [0.25, 0.3) is 10.0 Å². The van der Waals surface area contributed by atoms with Gasteiger partial charge in [-0.15, -0.1) is 0 Å². The molecule has 7 aromatic rings. The van der Waals surface area contributed by atoms with E-state index in [1.165, 1.54) is 12.1 Å². The van der Waals surface area contributed by atoms with Crippen molar-refractivity contribution < 1.29 is 149 Å². The van der Waals surface area contributed by atoms with Gasteiger partial charge in [-0.05, 0) is 66.2 Å². The molecule has 25 nitrogen and oxygen atoms in total. The van der Waals surface area contributed by atoms with Crippen LogP contribution in [-0.2, 0) is 43.6 Å². The van der Waals surface area contributed by atoms with Gasteiger partial charge in [-0.25, -0.2) is 26.8 Å². The van der Waals surface area contributed by atoms with Gasteiger partial charge in [0.15, 0.2) is 11.6 Å². The van der Waals surface area contributed by atoms with Crippen molar-refractivity contribution in [1.82, 2.24) is 24.7 Å². The third-order valence-corrected chi connectivity index (χ3v) is 15.0. The van der Waals surface area contributed by atoms with E-state index in [1.54, 1.807) is 72.8 Å². The molecule has 5 N–H and O–H groups in total. The van der Waals surface area contributed by atoms with E-state index in [9.17, 15) is 42.0 Å². The van der Waals surface area contributed by atoms with E-state index >= 15 is 0 Å². The second-order valence-corrected chi connectivity index (χ2v) is 20.4. The number of ether oxygens (including phenoxy) is 1. The maximum atomic E-state index is 14.9. The summed E-state index contributed by atoms with van der Waals surface area (Å²) < 4.78 is 81.0. The molecule has 3 aliphatic rings. The maximum Gasteiger partial charge on any atom is 1.00 e. The summed E-state index contributed by atoms with van der Waals surface area (Å²) in [6.45, 7) is 1.61. The summed E-state index contributed by atoms with van der Waals surface area (Å²) >= 11 is 0.981. The SMILES string of the molecule is N#CCCNc1nc2ccc(Nc3cc(Nc4nc(Nc5cc(S(=O)(=O)[O-])ccc5SOO[O-])nc(N5CCOCC5)n4)ccc3SOO[O-])c3c2c(c1C1=Nc2ccccc2S(=O)(=O)N1)-c1ccccc1C3=O.[Na+].[Na+].[Na+]. The van der Waals surface area contributed by atoms with Crippen molar-refractivity contribution in [3.63, 3.8) is 0 Å². The first-order chi connectivity index (χ1) is 35.8. The van der Waals surface area contributed by atoms with Gasteiger partial charge in [-0.3, -0.25) is 19.6 Å². The third-order valence-electron chi connectivity index (χ3n) is 11.4. The molecule has 1 saturated heterocycles. The number of morpholine rings is 1. The molecule has 0 spiro atoms. The van der Waals surface area contributed by atoms with Crippen molar-refractivity contribution >= 4 is 119 Å². The van der Waals surface area contributed by atoms with Gasteiger partial charge in [0.2, 0.25) is 17.8 Å². The molecule has 2 aromatic heterocycles. The first-order valence-corrected chi connectivity index (χ1v) is 26.1. The Hall–Kier alpha value is -4.57.